The van der Waals surface area contributed by atoms with Crippen LogP contribution in [-0.4, -0.2) is 36.2 Å². The smallest absolute Gasteiger partial charge is 0.324 e. The van der Waals surface area contributed by atoms with Crippen LogP contribution in [0.25, 0.3) is 0 Å². The number of amides is 3. The molecule has 1 atom stereocenters. The first-order valence-corrected chi connectivity index (χ1v) is 9.96. The molecular formula is C19H19F2N3O4S. The third-order valence-electron chi connectivity index (χ3n) is 4.96. The van der Waals surface area contributed by atoms with Gasteiger partial charge in [-0.1, -0.05) is 17.8 Å². The number of anilines is 1. The minimum absolute atomic E-state index is 0.0912. The van der Waals surface area contributed by atoms with Crippen molar-refractivity contribution in [3.8, 4) is 0 Å². The molecule has 7 nitrogen and oxygen atoms in total. The molecule has 1 aliphatic carbocycles. The summed E-state index contributed by atoms with van der Waals surface area (Å²) in [5.74, 6) is -3.03. The number of rotatable bonds is 3. The van der Waals surface area contributed by atoms with Crippen molar-refractivity contribution in [1.29, 1.82) is 0 Å². The van der Waals surface area contributed by atoms with Gasteiger partial charge in [-0.25, -0.2) is 13.6 Å². The minimum atomic E-state index is -0.908. The highest BCUT2D eigenvalue weighted by Crippen LogP contribution is 2.45. The summed E-state index contributed by atoms with van der Waals surface area (Å²) in [5, 5.41) is 5.09. The molecule has 154 valence electrons. The van der Waals surface area contributed by atoms with Crippen LogP contribution in [0.1, 0.15) is 19.3 Å². The summed E-state index contributed by atoms with van der Waals surface area (Å²) in [6, 6.07) is 2.05. The van der Waals surface area contributed by atoms with Crippen LogP contribution >= 0.6 is 11.8 Å². The van der Waals surface area contributed by atoms with Gasteiger partial charge in [0.05, 0.1) is 29.5 Å². The van der Waals surface area contributed by atoms with Crippen LogP contribution in [-0.2, 0) is 14.3 Å². The molecule has 4 rings (SSSR count). The topological polar surface area (TPSA) is 103 Å². The Labute approximate surface area is 169 Å². The van der Waals surface area contributed by atoms with Crippen LogP contribution in [0.15, 0.2) is 40.5 Å². The number of hydrogen-bond donors (Lipinski definition) is 3. The quantitative estimate of drug-likeness (QED) is 0.694. The third-order valence-corrected chi connectivity index (χ3v) is 6.11. The Morgan fingerprint density at radius 2 is 1.97 bits per heavy atom. The Kier molecular flexibility index (Phi) is 5.32. The van der Waals surface area contributed by atoms with Crippen molar-refractivity contribution in [2.45, 2.75) is 30.3 Å². The van der Waals surface area contributed by atoms with Crippen molar-refractivity contribution < 1.29 is 27.8 Å². The van der Waals surface area contributed by atoms with E-state index < -0.39 is 29.4 Å². The Hall–Kier alpha value is -2.43. The highest BCUT2D eigenvalue weighted by Gasteiger charge is 2.43. The van der Waals surface area contributed by atoms with Crippen molar-refractivity contribution in [1.82, 2.24) is 5.32 Å². The molecule has 29 heavy (non-hydrogen) atoms. The first-order chi connectivity index (χ1) is 13.8. The van der Waals surface area contributed by atoms with Crippen LogP contribution in [0, 0.1) is 11.6 Å². The number of thioether (sulfide) groups is 1. The predicted molar refractivity (Wildman–Crippen MR) is 103 cm³/mol. The maximum Gasteiger partial charge on any atom is 0.324 e. The molecule has 2 bridgehead atoms. The van der Waals surface area contributed by atoms with Crippen LogP contribution in [0.4, 0.5) is 19.3 Å². The molecule has 0 saturated carbocycles. The number of fused-ring (bicyclic) bond motifs is 1. The zero-order chi connectivity index (χ0) is 20.6. The zero-order valence-electron chi connectivity index (χ0n) is 15.3. The van der Waals surface area contributed by atoms with Crippen molar-refractivity contribution in [3.05, 3.63) is 52.1 Å². The minimum Gasteiger partial charge on any atom is -0.366 e. The lowest BCUT2D eigenvalue weighted by Crippen LogP contribution is -2.34. The second kappa shape index (κ2) is 7.77. The molecule has 3 aliphatic rings. The van der Waals surface area contributed by atoms with Gasteiger partial charge in [-0.2, -0.15) is 0 Å². The summed E-state index contributed by atoms with van der Waals surface area (Å²) in [5.41, 5.74) is 6.33. The molecule has 3 amide bonds. The van der Waals surface area contributed by atoms with Gasteiger partial charge in [-0.05, 0) is 24.1 Å². The van der Waals surface area contributed by atoms with E-state index in [1.165, 1.54) is 11.8 Å². The molecule has 1 saturated heterocycles. The first kappa shape index (κ1) is 19.9. The largest absolute Gasteiger partial charge is 0.366 e. The summed E-state index contributed by atoms with van der Waals surface area (Å²) < 4.78 is 38.4. The van der Waals surface area contributed by atoms with Gasteiger partial charge < -0.3 is 25.8 Å². The SMILES string of the molecule is NC(=O)C1=C(NC(=O)Nc2ccc(F)cc2F)SC2C=C1CCC1(C2)OCCO1. The van der Waals surface area contributed by atoms with E-state index in [1.807, 2.05) is 6.08 Å². The van der Waals surface area contributed by atoms with E-state index in [-0.39, 0.29) is 21.5 Å². The van der Waals surface area contributed by atoms with Gasteiger partial charge in [-0.3, -0.25) is 4.79 Å². The Balaban J connectivity index is 1.54. The van der Waals surface area contributed by atoms with Gasteiger partial charge in [0.25, 0.3) is 5.91 Å². The summed E-state index contributed by atoms with van der Waals surface area (Å²) >= 11 is 1.26. The monoisotopic (exact) mass is 423 g/mol. The molecule has 0 radical (unpaired) electrons. The number of ether oxygens (including phenoxy) is 2. The van der Waals surface area contributed by atoms with E-state index >= 15 is 0 Å². The summed E-state index contributed by atoms with van der Waals surface area (Å²) in [4.78, 5) is 24.5. The Morgan fingerprint density at radius 3 is 2.66 bits per heavy atom. The Bertz CT molecular complexity index is 928. The maximum atomic E-state index is 13.8. The van der Waals surface area contributed by atoms with Crippen LogP contribution in [0.2, 0.25) is 0 Å². The van der Waals surface area contributed by atoms with E-state index in [1.54, 1.807) is 0 Å². The lowest BCUT2D eigenvalue weighted by Gasteiger charge is -2.28. The first-order valence-electron chi connectivity index (χ1n) is 9.08. The average Bonchev–Trinajstić information content (AvgIpc) is 3.04. The lowest BCUT2D eigenvalue weighted by atomic mass is 10.00. The van der Waals surface area contributed by atoms with E-state index in [0.29, 0.717) is 38.5 Å². The number of urea groups is 1. The van der Waals surface area contributed by atoms with E-state index in [0.717, 1.165) is 17.7 Å². The van der Waals surface area contributed by atoms with Gasteiger partial charge in [0.15, 0.2) is 5.79 Å². The molecule has 2 heterocycles. The summed E-state index contributed by atoms with van der Waals surface area (Å²) in [6.45, 7) is 1.03. The van der Waals surface area contributed by atoms with Crippen LogP contribution in [0.5, 0.6) is 0 Å². The Morgan fingerprint density at radius 1 is 1.21 bits per heavy atom. The highest BCUT2D eigenvalue weighted by molar-refractivity contribution is 8.03. The van der Waals surface area contributed by atoms with E-state index in [9.17, 15) is 18.4 Å². The fourth-order valence-corrected chi connectivity index (χ4v) is 5.08. The number of carbonyl (C=O) groups is 2. The molecule has 1 fully saturated rings. The molecule has 10 heteroatoms. The number of hydrogen-bond acceptors (Lipinski definition) is 5. The molecule has 1 aromatic carbocycles. The summed E-state index contributed by atoms with van der Waals surface area (Å²) in [6.07, 6.45) is 3.60. The second-order valence-corrected chi connectivity index (χ2v) is 8.18. The highest BCUT2D eigenvalue weighted by atomic mass is 32.2. The fourth-order valence-electron chi connectivity index (χ4n) is 3.71. The summed E-state index contributed by atoms with van der Waals surface area (Å²) in [7, 11) is 0. The van der Waals surface area contributed by atoms with Gasteiger partial charge >= 0.3 is 6.03 Å². The zero-order valence-corrected chi connectivity index (χ0v) is 16.1. The molecule has 1 spiro atoms. The van der Waals surface area contributed by atoms with Gasteiger partial charge in [0.2, 0.25) is 0 Å². The molecule has 1 unspecified atom stereocenters. The molecule has 1 aromatic rings. The number of primary amides is 1. The van der Waals surface area contributed by atoms with Gasteiger partial charge in [-0.15, -0.1) is 0 Å². The normalized spacial score (nSPS) is 22.8. The standard InChI is InChI=1S/C19H19F2N3O4S/c20-11-1-2-14(13(21)8-11)23-18(26)24-17-15(16(22)25)10-3-4-19(27-5-6-28-19)9-12(7-10)29-17/h1-2,7-8,12H,3-6,9H2,(H2,22,25)(H2,23,24,26). The molecule has 0 aromatic heterocycles. The van der Waals surface area contributed by atoms with Gasteiger partial charge in [0.1, 0.15) is 11.6 Å². The van der Waals surface area contributed by atoms with Gasteiger partial charge in [0, 0.05) is 24.2 Å². The predicted octanol–water partition coefficient (Wildman–Crippen LogP) is 2.75. The van der Waals surface area contributed by atoms with Crippen molar-refractivity contribution in [2.24, 2.45) is 5.73 Å². The van der Waals surface area contributed by atoms with E-state index in [2.05, 4.69) is 10.6 Å². The van der Waals surface area contributed by atoms with E-state index in [4.69, 9.17) is 15.2 Å². The number of nitrogens with two attached hydrogens (primary N) is 1. The molecular weight excluding hydrogens is 404 g/mol. The second-order valence-electron chi connectivity index (χ2n) is 6.93. The number of carbonyl (C=O) groups excluding carboxylic acids is 2. The number of benzene rings is 1. The fraction of sp³-hybridized carbons (Fsp3) is 0.368. The third kappa shape index (κ3) is 4.14. The van der Waals surface area contributed by atoms with Crippen molar-refractivity contribution in [2.75, 3.05) is 18.5 Å². The molecule has 4 N–H and O–H groups in total. The maximum absolute atomic E-state index is 13.8. The molecule has 2 aliphatic heterocycles. The van der Waals surface area contributed by atoms with Crippen LogP contribution < -0.4 is 16.4 Å². The lowest BCUT2D eigenvalue weighted by molar-refractivity contribution is -0.163. The van der Waals surface area contributed by atoms with Crippen molar-refractivity contribution >= 4 is 29.4 Å². The number of nitrogens with one attached hydrogen (secondary N) is 2. The number of halogens is 2. The van der Waals surface area contributed by atoms with Crippen molar-refractivity contribution in [3.63, 3.8) is 0 Å². The average molecular weight is 423 g/mol. The van der Waals surface area contributed by atoms with Crippen LogP contribution in [0.3, 0.4) is 0 Å².